The Morgan fingerprint density at radius 2 is 1.84 bits per heavy atom. The first-order valence-corrected chi connectivity index (χ1v) is 7.74. The molecule has 0 aromatic carbocycles. The van der Waals surface area contributed by atoms with Crippen molar-refractivity contribution in [2.45, 2.75) is 51.5 Å². The minimum Gasteiger partial charge on any atom is -0.317 e. The standard InChI is InChI=1S/C15H26N4/c1-11-15(13-4-3-7-17-10-13)12(2)19(18-11)14-5-8-16-9-6-14/h13-14,16-17H,3-10H2,1-2H3. The monoisotopic (exact) mass is 262 g/mol. The van der Waals surface area contributed by atoms with Crippen molar-refractivity contribution in [2.75, 3.05) is 26.2 Å². The molecule has 106 valence electrons. The molecule has 1 aromatic heterocycles. The van der Waals surface area contributed by atoms with Crippen LogP contribution in [0.1, 0.15) is 54.6 Å². The lowest BCUT2D eigenvalue weighted by atomic mass is 9.90. The Morgan fingerprint density at radius 3 is 2.53 bits per heavy atom. The van der Waals surface area contributed by atoms with E-state index in [2.05, 4.69) is 29.2 Å². The maximum atomic E-state index is 4.87. The number of nitrogens with zero attached hydrogens (tertiary/aromatic N) is 2. The van der Waals surface area contributed by atoms with Gasteiger partial charge in [-0.15, -0.1) is 0 Å². The van der Waals surface area contributed by atoms with Crippen molar-refractivity contribution in [1.82, 2.24) is 20.4 Å². The summed E-state index contributed by atoms with van der Waals surface area (Å²) >= 11 is 0. The lowest BCUT2D eigenvalue weighted by molar-refractivity contribution is 0.336. The highest BCUT2D eigenvalue weighted by atomic mass is 15.3. The predicted molar refractivity (Wildman–Crippen MR) is 77.7 cm³/mol. The van der Waals surface area contributed by atoms with Crippen LogP contribution in [0.4, 0.5) is 0 Å². The number of aryl methyl sites for hydroxylation is 1. The van der Waals surface area contributed by atoms with Crippen molar-refractivity contribution >= 4 is 0 Å². The highest BCUT2D eigenvalue weighted by Gasteiger charge is 2.25. The molecule has 2 N–H and O–H groups in total. The molecule has 0 bridgehead atoms. The van der Waals surface area contributed by atoms with Crippen molar-refractivity contribution < 1.29 is 0 Å². The van der Waals surface area contributed by atoms with Gasteiger partial charge in [-0.3, -0.25) is 4.68 Å². The highest BCUT2D eigenvalue weighted by molar-refractivity contribution is 5.30. The summed E-state index contributed by atoms with van der Waals surface area (Å²) in [5.41, 5.74) is 4.19. The SMILES string of the molecule is Cc1nn(C2CCNCC2)c(C)c1C1CCCNC1. The van der Waals surface area contributed by atoms with Crippen molar-refractivity contribution in [3.8, 4) is 0 Å². The molecule has 4 nitrogen and oxygen atoms in total. The van der Waals surface area contributed by atoms with Gasteiger partial charge in [0, 0.05) is 23.7 Å². The van der Waals surface area contributed by atoms with Crippen LogP contribution in [0.15, 0.2) is 0 Å². The number of hydrogen-bond donors (Lipinski definition) is 2. The molecule has 4 heteroatoms. The quantitative estimate of drug-likeness (QED) is 0.855. The zero-order valence-electron chi connectivity index (χ0n) is 12.2. The molecule has 0 aliphatic carbocycles. The molecule has 0 spiro atoms. The summed E-state index contributed by atoms with van der Waals surface area (Å²) in [6, 6.07) is 0.602. The van der Waals surface area contributed by atoms with Gasteiger partial charge in [-0.2, -0.15) is 5.10 Å². The first kappa shape index (κ1) is 13.1. The molecule has 1 unspecified atom stereocenters. The molecule has 1 aromatic rings. The second kappa shape index (κ2) is 5.63. The number of piperidine rings is 2. The molecule has 0 amide bonds. The average Bonchev–Trinajstić information content (AvgIpc) is 2.76. The lowest BCUT2D eigenvalue weighted by Crippen LogP contribution is -2.31. The predicted octanol–water partition coefficient (Wildman–Crippen LogP) is 1.89. The van der Waals surface area contributed by atoms with Crippen LogP contribution in [0, 0.1) is 13.8 Å². The Balaban J connectivity index is 1.86. The fraction of sp³-hybridized carbons (Fsp3) is 0.800. The van der Waals surface area contributed by atoms with Crippen molar-refractivity contribution in [2.24, 2.45) is 0 Å². The Hall–Kier alpha value is -0.870. The van der Waals surface area contributed by atoms with Crippen LogP contribution in [-0.4, -0.2) is 36.0 Å². The van der Waals surface area contributed by atoms with Gasteiger partial charge in [-0.1, -0.05) is 0 Å². The maximum absolute atomic E-state index is 4.87. The van der Waals surface area contributed by atoms with Crippen molar-refractivity contribution in [3.05, 3.63) is 17.0 Å². The second-order valence-corrected chi connectivity index (χ2v) is 6.05. The van der Waals surface area contributed by atoms with E-state index in [0.717, 1.165) is 19.6 Å². The largest absolute Gasteiger partial charge is 0.317 e. The summed E-state index contributed by atoms with van der Waals surface area (Å²) in [6.07, 6.45) is 5.03. The first-order chi connectivity index (χ1) is 9.27. The van der Waals surface area contributed by atoms with E-state index in [0.29, 0.717) is 12.0 Å². The lowest BCUT2D eigenvalue weighted by Gasteiger charge is -2.26. The third kappa shape index (κ3) is 2.56. The molecular formula is C15H26N4. The van der Waals surface area contributed by atoms with Gasteiger partial charge < -0.3 is 10.6 Å². The Morgan fingerprint density at radius 1 is 1.05 bits per heavy atom. The number of nitrogens with one attached hydrogen (secondary N) is 2. The third-order valence-electron chi connectivity index (χ3n) is 4.74. The van der Waals surface area contributed by atoms with Crippen LogP contribution >= 0.6 is 0 Å². The van der Waals surface area contributed by atoms with Crippen molar-refractivity contribution in [1.29, 1.82) is 0 Å². The highest BCUT2D eigenvalue weighted by Crippen LogP contribution is 2.31. The smallest absolute Gasteiger partial charge is 0.0631 e. The van der Waals surface area contributed by atoms with Gasteiger partial charge >= 0.3 is 0 Å². The molecule has 2 fully saturated rings. The van der Waals surface area contributed by atoms with Crippen LogP contribution in [0.25, 0.3) is 0 Å². The normalized spacial score (nSPS) is 25.7. The van der Waals surface area contributed by atoms with Gasteiger partial charge in [0.1, 0.15) is 0 Å². The zero-order chi connectivity index (χ0) is 13.2. The Bertz CT molecular complexity index is 426. The molecular weight excluding hydrogens is 236 g/mol. The summed E-state index contributed by atoms with van der Waals surface area (Å²) in [4.78, 5) is 0. The van der Waals surface area contributed by atoms with Gasteiger partial charge in [0.15, 0.2) is 0 Å². The topological polar surface area (TPSA) is 41.9 Å². The van der Waals surface area contributed by atoms with Crippen molar-refractivity contribution in [3.63, 3.8) is 0 Å². The molecule has 2 aliphatic rings. The van der Waals surface area contributed by atoms with Gasteiger partial charge in [0.05, 0.1) is 11.7 Å². The molecule has 3 rings (SSSR count). The summed E-state index contributed by atoms with van der Waals surface area (Å²) in [6.45, 7) is 9.02. The molecule has 2 aliphatic heterocycles. The van der Waals surface area contributed by atoms with Crippen LogP contribution in [0.2, 0.25) is 0 Å². The first-order valence-electron chi connectivity index (χ1n) is 7.74. The number of aromatic nitrogens is 2. The summed E-state index contributed by atoms with van der Waals surface area (Å²) in [5.74, 6) is 0.671. The van der Waals surface area contributed by atoms with E-state index in [4.69, 9.17) is 5.10 Å². The van der Waals surface area contributed by atoms with E-state index < -0.39 is 0 Å². The van der Waals surface area contributed by atoms with Gasteiger partial charge in [0.2, 0.25) is 0 Å². The van der Waals surface area contributed by atoms with Gasteiger partial charge in [-0.05, 0) is 59.2 Å². The summed E-state index contributed by atoms with van der Waals surface area (Å²) in [5, 5.41) is 11.8. The van der Waals surface area contributed by atoms with Crippen LogP contribution in [0.3, 0.4) is 0 Å². The van der Waals surface area contributed by atoms with Crippen LogP contribution in [0.5, 0.6) is 0 Å². The fourth-order valence-corrected chi connectivity index (χ4v) is 3.77. The molecule has 19 heavy (non-hydrogen) atoms. The van der Waals surface area contributed by atoms with Gasteiger partial charge in [-0.25, -0.2) is 0 Å². The summed E-state index contributed by atoms with van der Waals surface area (Å²) in [7, 11) is 0. The molecule has 2 saturated heterocycles. The number of rotatable bonds is 2. The molecule has 0 saturated carbocycles. The van der Waals surface area contributed by atoms with E-state index in [1.54, 1.807) is 0 Å². The minimum absolute atomic E-state index is 0.602. The molecule has 1 atom stereocenters. The zero-order valence-corrected chi connectivity index (χ0v) is 12.2. The molecule has 3 heterocycles. The minimum atomic E-state index is 0.602. The van der Waals surface area contributed by atoms with E-state index >= 15 is 0 Å². The van der Waals surface area contributed by atoms with Gasteiger partial charge in [0.25, 0.3) is 0 Å². The van der Waals surface area contributed by atoms with E-state index in [-0.39, 0.29) is 0 Å². The second-order valence-electron chi connectivity index (χ2n) is 6.05. The Labute approximate surface area is 116 Å². The maximum Gasteiger partial charge on any atom is 0.0631 e. The third-order valence-corrected chi connectivity index (χ3v) is 4.74. The Kier molecular flexibility index (Phi) is 3.89. The fourth-order valence-electron chi connectivity index (χ4n) is 3.77. The van der Waals surface area contributed by atoms with Crippen LogP contribution in [-0.2, 0) is 0 Å². The van der Waals surface area contributed by atoms with E-state index in [1.807, 2.05) is 0 Å². The summed E-state index contributed by atoms with van der Waals surface area (Å²) < 4.78 is 2.32. The number of hydrogen-bond acceptors (Lipinski definition) is 3. The molecule has 0 radical (unpaired) electrons. The average molecular weight is 262 g/mol. The van der Waals surface area contributed by atoms with Crippen LogP contribution < -0.4 is 10.6 Å². The van der Waals surface area contributed by atoms with E-state index in [1.165, 1.54) is 49.2 Å². The van der Waals surface area contributed by atoms with E-state index in [9.17, 15) is 0 Å².